The van der Waals surface area contributed by atoms with Gasteiger partial charge in [-0.2, -0.15) is 0 Å². The Morgan fingerprint density at radius 2 is 1.68 bits per heavy atom. The Morgan fingerprint density at radius 3 is 2.32 bits per heavy atom. The minimum Gasteiger partial charge on any atom is -0.507 e. The molecule has 1 saturated heterocycles. The van der Waals surface area contributed by atoms with Crippen LogP contribution in [0.2, 0.25) is 0 Å². The lowest BCUT2D eigenvalue weighted by Crippen LogP contribution is -2.56. The minimum absolute atomic E-state index is 0.0264. The molecule has 2 aliphatic carbocycles. The standard InChI is InChI=1S/C51H62N6O17/c1-6-7-13-35(60)57-41(24(2)3)48(67)55-30(11-9-18-53-49(52)68)47(66)54-27-16-14-26(15-17-27)23-72-50(69)56-31-19-36(73-25(4)42(31)61)74-33-21-51(70,34(59)22-58)20-29-38(33)46(65)40-39(44(29)63)43(62)28-10-8-12-32(71-5)37(28)45(40)64/h6,8,10,12,14-17,24-25,30-31,33,36,41-42,58,61,63,65,70H,1,7,9,11,13,18-23H2,2-5H3,(H,54,66)(H,55,67)(H,56,69)(H,57,60)(H3,52,53,68)/t25?,30-,31?,33-,36?,41-,42?,51-/m0/s1. The number of phenols is 2. The maximum atomic E-state index is 14.0. The van der Waals surface area contributed by atoms with Crippen molar-refractivity contribution in [3.8, 4) is 17.2 Å². The number of hydrogen-bond acceptors (Lipinski definition) is 17. The summed E-state index contributed by atoms with van der Waals surface area (Å²) >= 11 is 0. The summed E-state index contributed by atoms with van der Waals surface area (Å²) in [7, 11) is 1.28. The topological polar surface area (TPSA) is 361 Å². The van der Waals surface area contributed by atoms with E-state index >= 15 is 0 Å². The van der Waals surface area contributed by atoms with Crippen molar-refractivity contribution >= 4 is 52.9 Å². The summed E-state index contributed by atoms with van der Waals surface area (Å²) in [6.45, 7) is 7.28. The highest BCUT2D eigenvalue weighted by Crippen LogP contribution is 2.52. The lowest BCUT2D eigenvalue weighted by atomic mass is 9.72. The van der Waals surface area contributed by atoms with Gasteiger partial charge in [-0.1, -0.05) is 44.2 Å². The van der Waals surface area contributed by atoms with Crippen molar-refractivity contribution in [3.63, 3.8) is 0 Å². The van der Waals surface area contributed by atoms with Crippen molar-refractivity contribution in [2.45, 2.75) is 121 Å². The van der Waals surface area contributed by atoms with Gasteiger partial charge < -0.3 is 76.8 Å². The fraction of sp³-hybridized carbons (Fsp3) is 0.451. The first-order valence-corrected chi connectivity index (χ1v) is 23.9. The number of carbonyl (C=O) groups is 8. The summed E-state index contributed by atoms with van der Waals surface area (Å²) in [6, 6.07) is 6.52. The molecule has 74 heavy (non-hydrogen) atoms. The molecule has 6 amide bonds. The number of phenolic OH excluding ortho intramolecular Hbond substituents is 2. The van der Waals surface area contributed by atoms with Gasteiger partial charge in [0.15, 0.2) is 17.9 Å². The minimum atomic E-state index is -2.41. The number of ketones is 3. The highest BCUT2D eigenvalue weighted by Gasteiger charge is 2.50. The number of aliphatic hydroxyl groups excluding tert-OH is 2. The fourth-order valence-corrected chi connectivity index (χ4v) is 9.18. The van der Waals surface area contributed by atoms with Crippen LogP contribution < -0.4 is 37.1 Å². The molecule has 1 heterocycles. The van der Waals surface area contributed by atoms with Crippen molar-refractivity contribution in [2.24, 2.45) is 11.7 Å². The third-order valence-electron chi connectivity index (χ3n) is 13.1. The number of amides is 6. The number of Topliss-reactive ketones (excluding diaryl/α,β-unsaturated/α-hetero) is 1. The zero-order valence-electron chi connectivity index (χ0n) is 41.2. The molecular formula is C51H62N6O17. The van der Waals surface area contributed by atoms with Crippen LogP contribution in [-0.2, 0) is 46.4 Å². The number of rotatable bonds is 21. The van der Waals surface area contributed by atoms with Crippen LogP contribution in [0.3, 0.4) is 0 Å². The fourth-order valence-electron chi connectivity index (χ4n) is 9.18. The third-order valence-corrected chi connectivity index (χ3v) is 13.1. The van der Waals surface area contributed by atoms with Crippen LogP contribution in [0.5, 0.6) is 17.2 Å². The number of hydrogen-bond donors (Lipinski definition) is 11. The number of anilines is 1. The van der Waals surface area contributed by atoms with E-state index in [9.17, 15) is 63.9 Å². The van der Waals surface area contributed by atoms with E-state index in [0.29, 0.717) is 17.7 Å². The molecule has 0 saturated carbocycles. The van der Waals surface area contributed by atoms with Gasteiger partial charge >= 0.3 is 12.1 Å². The molecule has 23 heteroatoms. The zero-order chi connectivity index (χ0) is 54.2. The Morgan fingerprint density at radius 1 is 0.973 bits per heavy atom. The molecular weight excluding hydrogens is 969 g/mol. The van der Waals surface area contributed by atoms with Gasteiger partial charge in [0, 0.05) is 54.6 Å². The van der Waals surface area contributed by atoms with Crippen LogP contribution in [-0.4, -0.2) is 135 Å². The largest absolute Gasteiger partial charge is 0.507 e. The number of urea groups is 1. The maximum Gasteiger partial charge on any atom is 0.407 e. The van der Waals surface area contributed by atoms with Crippen LogP contribution in [0.1, 0.15) is 114 Å². The Kier molecular flexibility index (Phi) is 18.2. The number of ether oxygens (including phenoxy) is 4. The lowest BCUT2D eigenvalue weighted by molar-refractivity contribution is -0.249. The van der Waals surface area contributed by atoms with Gasteiger partial charge in [-0.15, -0.1) is 6.58 Å². The number of fused-ring (bicyclic) bond motifs is 3. The number of aliphatic hydroxyl groups is 3. The molecule has 3 aromatic carbocycles. The van der Waals surface area contributed by atoms with Gasteiger partial charge in [-0.05, 0) is 55.9 Å². The molecule has 1 aliphatic heterocycles. The van der Waals surface area contributed by atoms with Crippen LogP contribution in [0.4, 0.5) is 15.3 Å². The maximum absolute atomic E-state index is 14.0. The molecule has 12 N–H and O–H groups in total. The van der Waals surface area contributed by atoms with Gasteiger partial charge in [0.2, 0.25) is 23.5 Å². The molecule has 0 spiro atoms. The molecule has 6 rings (SSSR count). The molecule has 8 atom stereocenters. The molecule has 3 aromatic rings. The third kappa shape index (κ3) is 12.5. The average Bonchev–Trinajstić information content (AvgIpc) is 3.36. The highest BCUT2D eigenvalue weighted by molar-refractivity contribution is 6.31. The first kappa shape index (κ1) is 55.9. The molecule has 0 bridgehead atoms. The summed E-state index contributed by atoms with van der Waals surface area (Å²) in [5.41, 5.74) is 1.58. The zero-order valence-corrected chi connectivity index (χ0v) is 41.2. The second kappa shape index (κ2) is 24.1. The van der Waals surface area contributed by atoms with E-state index in [1.54, 1.807) is 32.1 Å². The Labute approximate surface area is 425 Å². The number of allylic oxidation sites excluding steroid dienone is 1. The number of alkyl carbamates (subject to hydrolysis) is 1. The van der Waals surface area contributed by atoms with Crippen LogP contribution in [0.25, 0.3) is 0 Å². The van der Waals surface area contributed by atoms with E-state index in [1.165, 1.54) is 44.4 Å². The van der Waals surface area contributed by atoms with Gasteiger partial charge in [0.1, 0.15) is 54.3 Å². The van der Waals surface area contributed by atoms with Crippen molar-refractivity contribution < 1.29 is 82.8 Å². The summed E-state index contributed by atoms with van der Waals surface area (Å²) in [5, 5.41) is 69.2. The Hall–Kier alpha value is -7.44. The van der Waals surface area contributed by atoms with Crippen molar-refractivity contribution in [2.75, 3.05) is 25.6 Å². The number of primary amides is 1. The number of carbonyl (C=O) groups excluding carboxylic acids is 8. The van der Waals surface area contributed by atoms with E-state index in [0.717, 1.165) is 0 Å². The van der Waals surface area contributed by atoms with Crippen LogP contribution in [0, 0.1) is 5.92 Å². The van der Waals surface area contributed by atoms with Gasteiger partial charge in [0.05, 0.1) is 42.0 Å². The van der Waals surface area contributed by atoms with Crippen molar-refractivity contribution in [1.82, 2.24) is 21.3 Å². The van der Waals surface area contributed by atoms with E-state index in [4.69, 9.17) is 24.7 Å². The van der Waals surface area contributed by atoms with E-state index in [-0.39, 0.29) is 78.7 Å². The summed E-state index contributed by atoms with van der Waals surface area (Å²) in [6.07, 6.45) is -5.36. The van der Waals surface area contributed by atoms with Gasteiger partial charge in [0.25, 0.3) is 0 Å². The number of aromatic hydroxyl groups is 2. The molecule has 4 unspecified atom stereocenters. The Balaban J connectivity index is 1.12. The van der Waals surface area contributed by atoms with E-state index in [1.807, 2.05) is 0 Å². The van der Waals surface area contributed by atoms with Crippen LogP contribution >= 0.6 is 0 Å². The second-order valence-electron chi connectivity index (χ2n) is 18.6. The van der Waals surface area contributed by atoms with Gasteiger partial charge in [-0.3, -0.25) is 28.8 Å². The SMILES string of the molecule is C=CCCC(=O)N[C@H](C(=O)N[C@@H](CCCNC(N)=O)C(=O)Nc1ccc(COC(=O)NC2CC(O[C@H]3C[C@](O)(C(=O)CO)Cc4c(O)c5c(c(O)c43)C(=O)c3c(OC)cccc3C5=O)OC(C)C2O)cc1)C(C)C. The normalized spacial score (nSPS) is 21.6. The molecule has 3 aliphatic rings. The monoisotopic (exact) mass is 1030 g/mol. The average molecular weight is 1030 g/mol. The number of methoxy groups -OCH3 is 1. The van der Waals surface area contributed by atoms with Crippen LogP contribution in [0.15, 0.2) is 55.1 Å². The number of nitrogens with one attached hydrogen (secondary N) is 5. The number of nitrogens with two attached hydrogens (primary N) is 1. The number of benzene rings is 3. The molecule has 23 nitrogen and oxygen atoms in total. The quantitative estimate of drug-likeness (QED) is 0.0323. The van der Waals surface area contributed by atoms with Gasteiger partial charge in [-0.25, -0.2) is 9.59 Å². The van der Waals surface area contributed by atoms with E-state index in [2.05, 4.69) is 33.2 Å². The smallest absolute Gasteiger partial charge is 0.407 e. The highest BCUT2D eigenvalue weighted by atomic mass is 16.7. The van der Waals surface area contributed by atoms with Crippen molar-refractivity contribution in [1.29, 1.82) is 0 Å². The summed E-state index contributed by atoms with van der Waals surface area (Å²) in [4.78, 5) is 105. The predicted octanol–water partition coefficient (Wildman–Crippen LogP) is 1.95. The lowest BCUT2D eigenvalue weighted by Gasteiger charge is -2.42. The second-order valence-corrected chi connectivity index (χ2v) is 18.6. The molecule has 398 valence electrons. The summed E-state index contributed by atoms with van der Waals surface area (Å²) in [5.74, 6) is -6.20. The molecule has 0 aromatic heterocycles. The first-order valence-electron chi connectivity index (χ1n) is 23.9. The Bertz CT molecular complexity index is 2680. The predicted molar refractivity (Wildman–Crippen MR) is 261 cm³/mol. The molecule has 1 fully saturated rings. The molecule has 0 radical (unpaired) electrons. The van der Waals surface area contributed by atoms with E-state index < -0.39 is 132 Å². The first-order chi connectivity index (χ1) is 35.1. The summed E-state index contributed by atoms with van der Waals surface area (Å²) < 4.78 is 22.9. The van der Waals surface area contributed by atoms with Crippen molar-refractivity contribution in [3.05, 3.63) is 94.1 Å².